The lowest BCUT2D eigenvalue weighted by Crippen LogP contribution is -1.96. The summed E-state index contributed by atoms with van der Waals surface area (Å²) in [7, 11) is 3.82. The first-order chi connectivity index (χ1) is 7.02. The van der Waals surface area contributed by atoms with Gasteiger partial charge in [0.15, 0.2) is 10.6 Å². The molecule has 0 saturated carbocycles. The van der Waals surface area contributed by atoms with Crippen LogP contribution >= 0.6 is 12.2 Å². The molecule has 2 heterocycles. The van der Waals surface area contributed by atoms with Gasteiger partial charge in [0.2, 0.25) is 0 Å². The quantitative estimate of drug-likeness (QED) is 0.745. The van der Waals surface area contributed by atoms with Crippen molar-refractivity contribution >= 4 is 12.2 Å². The van der Waals surface area contributed by atoms with Gasteiger partial charge >= 0.3 is 0 Å². The lowest BCUT2D eigenvalue weighted by Gasteiger charge is -2.00. The van der Waals surface area contributed by atoms with Gasteiger partial charge in [0, 0.05) is 19.8 Å². The third-order valence-electron chi connectivity index (χ3n) is 2.61. The Balaban J connectivity index is 2.74. The molecule has 0 fully saturated rings. The molecule has 0 aliphatic carbocycles. The van der Waals surface area contributed by atoms with Crippen molar-refractivity contribution in [1.82, 2.24) is 24.5 Å². The molecule has 0 aliphatic heterocycles. The van der Waals surface area contributed by atoms with E-state index in [0.717, 1.165) is 22.8 Å². The Morgan fingerprint density at radius 1 is 1.27 bits per heavy atom. The van der Waals surface area contributed by atoms with Crippen LogP contribution in [0.3, 0.4) is 0 Å². The number of hydrogen-bond donors (Lipinski definition) is 1. The van der Waals surface area contributed by atoms with Gasteiger partial charge in [0.05, 0.1) is 11.3 Å². The van der Waals surface area contributed by atoms with Crippen LogP contribution in [0.1, 0.15) is 11.4 Å². The SMILES string of the molecule is Cc1nn(C)c(C)c1-c1n[nH]c(=S)n1C. The molecule has 2 aromatic rings. The molecule has 80 valence electrons. The Hall–Kier alpha value is -1.43. The molecule has 5 nitrogen and oxygen atoms in total. The smallest absolute Gasteiger partial charge is 0.195 e. The zero-order valence-corrected chi connectivity index (χ0v) is 10.0. The predicted octanol–water partition coefficient (Wildman–Crippen LogP) is 1.50. The van der Waals surface area contributed by atoms with Crippen molar-refractivity contribution in [3.8, 4) is 11.4 Å². The van der Waals surface area contributed by atoms with Crippen LogP contribution in [0.15, 0.2) is 0 Å². The first-order valence-corrected chi connectivity index (χ1v) is 5.05. The van der Waals surface area contributed by atoms with Crippen molar-refractivity contribution in [3.63, 3.8) is 0 Å². The van der Waals surface area contributed by atoms with Crippen LogP contribution < -0.4 is 0 Å². The van der Waals surface area contributed by atoms with Crippen LogP contribution in [-0.4, -0.2) is 24.5 Å². The molecule has 0 aromatic carbocycles. The first kappa shape index (κ1) is 10.1. The largest absolute Gasteiger partial charge is 0.303 e. The van der Waals surface area contributed by atoms with Gasteiger partial charge < -0.3 is 4.57 Å². The van der Waals surface area contributed by atoms with Crippen LogP contribution in [0.25, 0.3) is 11.4 Å². The fourth-order valence-corrected chi connectivity index (χ4v) is 1.80. The van der Waals surface area contributed by atoms with Gasteiger partial charge in [0.25, 0.3) is 0 Å². The first-order valence-electron chi connectivity index (χ1n) is 4.64. The summed E-state index contributed by atoms with van der Waals surface area (Å²) < 4.78 is 4.32. The molecule has 2 rings (SSSR count). The lowest BCUT2D eigenvalue weighted by atomic mass is 10.2. The zero-order valence-electron chi connectivity index (χ0n) is 9.20. The summed E-state index contributed by atoms with van der Waals surface area (Å²) in [6.45, 7) is 3.99. The van der Waals surface area contributed by atoms with E-state index in [1.54, 1.807) is 0 Å². The monoisotopic (exact) mass is 223 g/mol. The number of aryl methyl sites for hydroxylation is 2. The maximum atomic E-state index is 5.09. The molecule has 0 bridgehead atoms. The second-order valence-corrected chi connectivity index (χ2v) is 3.97. The second-order valence-electron chi connectivity index (χ2n) is 3.58. The van der Waals surface area contributed by atoms with Gasteiger partial charge in [-0.15, -0.1) is 0 Å². The predicted molar refractivity (Wildman–Crippen MR) is 60.1 cm³/mol. The van der Waals surface area contributed by atoms with E-state index in [0.29, 0.717) is 4.77 Å². The number of hydrogen-bond acceptors (Lipinski definition) is 3. The summed E-state index contributed by atoms with van der Waals surface area (Å²) in [4.78, 5) is 0. The van der Waals surface area contributed by atoms with Crippen LogP contribution in [0.5, 0.6) is 0 Å². The number of aromatic nitrogens is 5. The van der Waals surface area contributed by atoms with E-state index in [1.807, 2.05) is 37.2 Å². The van der Waals surface area contributed by atoms with Crippen LogP contribution in [0.4, 0.5) is 0 Å². The highest BCUT2D eigenvalue weighted by Crippen LogP contribution is 2.23. The van der Waals surface area contributed by atoms with Gasteiger partial charge in [-0.1, -0.05) is 0 Å². The van der Waals surface area contributed by atoms with Crippen molar-refractivity contribution in [2.75, 3.05) is 0 Å². The maximum Gasteiger partial charge on any atom is 0.195 e. The van der Waals surface area contributed by atoms with Crippen LogP contribution in [-0.2, 0) is 14.1 Å². The number of H-pyrrole nitrogens is 1. The van der Waals surface area contributed by atoms with Crippen LogP contribution in [0, 0.1) is 18.6 Å². The molecule has 0 saturated heterocycles. The molecule has 2 aromatic heterocycles. The highest BCUT2D eigenvalue weighted by molar-refractivity contribution is 7.71. The summed E-state index contributed by atoms with van der Waals surface area (Å²) in [6, 6.07) is 0. The summed E-state index contributed by atoms with van der Waals surface area (Å²) >= 11 is 5.09. The Morgan fingerprint density at radius 3 is 2.33 bits per heavy atom. The summed E-state index contributed by atoms with van der Waals surface area (Å²) in [5.74, 6) is 0.836. The molecule has 1 N–H and O–H groups in total. The molecular formula is C9H13N5S. The van der Waals surface area contributed by atoms with E-state index in [1.165, 1.54) is 0 Å². The van der Waals surface area contributed by atoms with Crippen molar-refractivity contribution in [2.24, 2.45) is 14.1 Å². The molecule has 0 aliphatic rings. The molecular weight excluding hydrogens is 210 g/mol. The van der Waals surface area contributed by atoms with E-state index in [4.69, 9.17) is 12.2 Å². The Kier molecular flexibility index (Phi) is 2.22. The average Bonchev–Trinajstić information content (AvgIpc) is 2.60. The van der Waals surface area contributed by atoms with Gasteiger partial charge in [-0.3, -0.25) is 9.78 Å². The van der Waals surface area contributed by atoms with Gasteiger partial charge in [-0.2, -0.15) is 10.2 Å². The number of rotatable bonds is 1. The van der Waals surface area contributed by atoms with E-state index >= 15 is 0 Å². The molecule has 6 heteroatoms. The zero-order chi connectivity index (χ0) is 11.2. The van der Waals surface area contributed by atoms with Crippen molar-refractivity contribution in [2.45, 2.75) is 13.8 Å². The summed E-state index contributed by atoms with van der Waals surface area (Å²) in [6.07, 6.45) is 0. The summed E-state index contributed by atoms with van der Waals surface area (Å²) in [5, 5.41) is 11.3. The Morgan fingerprint density at radius 2 is 1.93 bits per heavy atom. The molecule has 15 heavy (non-hydrogen) atoms. The Labute approximate surface area is 92.7 Å². The van der Waals surface area contributed by atoms with E-state index in [2.05, 4.69) is 15.3 Å². The number of nitrogens with zero attached hydrogens (tertiary/aromatic N) is 4. The normalized spacial score (nSPS) is 10.9. The highest BCUT2D eigenvalue weighted by atomic mass is 32.1. The third kappa shape index (κ3) is 1.41. The van der Waals surface area contributed by atoms with Gasteiger partial charge in [-0.25, -0.2) is 0 Å². The second kappa shape index (κ2) is 3.30. The molecule has 0 spiro atoms. The Bertz CT molecular complexity index is 560. The van der Waals surface area contributed by atoms with Gasteiger partial charge in [0.1, 0.15) is 0 Å². The maximum absolute atomic E-state index is 5.09. The number of aromatic amines is 1. The molecule has 0 unspecified atom stereocenters. The lowest BCUT2D eigenvalue weighted by molar-refractivity contribution is 0.731. The standard InChI is InChI=1S/C9H13N5S/c1-5-7(6(2)14(4)12-5)8-10-11-9(15)13(8)3/h1-4H3,(H,11,15). The van der Waals surface area contributed by atoms with Crippen molar-refractivity contribution < 1.29 is 0 Å². The highest BCUT2D eigenvalue weighted by Gasteiger charge is 2.15. The number of nitrogens with one attached hydrogen (secondary N) is 1. The van der Waals surface area contributed by atoms with E-state index in [-0.39, 0.29) is 0 Å². The average molecular weight is 223 g/mol. The molecule has 0 radical (unpaired) electrons. The minimum Gasteiger partial charge on any atom is -0.303 e. The van der Waals surface area contributed by atoms with Crippen molar-refractivity contribution in [1.29, 1.82) is 0 Å². The molecule has 0 amide bonds. The fraction of sp³-hybridized carbons (Fsp3) is 0.444. The minimum absolute atomic E-state index is 0.618. The van der Waals surface area contributed by atoms with E-state index in [9.17, 15) is 0 Å². The van der Waals surface area contributed by atoms with Crippen LogP contribution in [0.2, 0.25) is 0 Å². The van der Waals surface area contributed by atoms with Gasteiger partial charge in [-0.05, 0) is 26.1 Å². The topological polar surface area (TPSA) is 51.4 Å². The fourth-order valence-electron chi connectivity index (χ4n) is 1.67. The minimum atomic E-state index is 0.618. The van der Waals surface area contributed by atoms with Crippen molar-refractivity contribution in [3.05, 3.63) is 16.2 Å². The van der Waals surface area contributed by atoms with E-state index < -0.39 is 0 Å². The third-order valence-corrected chi connectivity index (χ3v) is 2.98. The molecule has 0 atom stereocenters. The summed E-state index contributed by atoms with van der Waals surface area (Å²) in [5.41, 5.74) is 3.10.